The Morgan fingerprint density at radius 3 is 2.93 bits per heavy atom. The quantitative estimate of drug-likeness (QED) is 0.761. The average molecular weight is 262 g/mol. The lowest BCUT2D eigenvalue weighted by atomic mass is 10.1. The Hall–Kier alpha value is -1.15. The van der Waals surface area contributed by atoms with Gasteiger partial charge in [0.15, 0.2) is 0 Å². The summed E-state index contributed by atoms with van der Waals surface area (Å²) in [5, 5.41) is 3.46. The summed E-state index contributed by atoms with van der Waals surface area (Å²) in [4.78, 5) is 4.23. The number of allylic oxidation sites excluding steroid dienone is 1. The number of hydrogen-bond donors (Lipinski definition) is 0. The number of benzene rings is 1. The predicted molar refractivity (Wildman–Crippen MR) is 69.2 cm³/mol. The highest BCUT2D eigenvalue weighted by molar-refractivity contribution is 9.09. The van der Waals surface area contributed by atoms with Crippen molar-refractivity contribution in [1.82, 2.24) is 4.98 Å². The smallest absolute Gasteiger partial charge is 0.0346 e. The Balaban J connectivity index is 2.42. The first-order valence-corrected chi connectivity index (χ1v) is 6.09. The molecule has 0 fully saturated rings. The third-order valence-corrected chi connectivity index (χ3v) is 2.73. The van der Waals surface area contributed by atoms with Crippen molar-refractivity contribution in [1.29, 1.82) is 0 Å². The first-order valence-electron chi connectivity index (χ1n) is 4.97. The van der Waals surface area contributed by atoms with E-state index in [1.165, 1.54) is 16.3 Å². The fourth-order valence-corrected chi connectivity index (χ4v) is 1.81. The van der Waals surface area contributed by atoms with Crippen molar-refractivity contribution in [3.63, 3.8) is 0 Å². The van der Waals surface area contributed by atoms with E-state index in [2.05, 4.69) is 51.3 Å². The standard InChI is InChI=1S/C13H12BrN/c14-8-4-3-6-12-10-15-9-11-5-1-2-7-13(11)12/h1-3,5-7,9-10H,4,8H2. The summed E-state index contributed by atoms with van der Waals surface area (Å²) < 4.78 is 0. The normalized spacial score (nSPS) is 11.3. The third-order valence-electron chi connectivity index (χ3n) is 2.27. The molecule has 0 atom stereocenters. The van der Waals surface area contributed by atoms with Crippen LogP contribution < -0.4 is 0 Å². The number of rotatable bonds is 3. The minimum atomic E-state index is 1.00. The lowest BCUT2D eigenvalue weighted by Gasteiger charge is -2.00. The largest absolute Gasteiger partial charge is 0.263 e. The maximum atomic E-state index is 4.23. The van der Waals surface area contributed by atoms with Crippen LogP contribution in [0.4, 0.5) is 0 Å². The van der Waals surface area contributed by atoms with Gasteiger partial charge in [-0.3, -0.25) is 4.98 Å². The minimum absolute atomic E-state index is 1.00. The van der Waals surface area contributed by atoms with Crippen LogP contribution in [0, 0.1) is 0 Å². The third kappa shape index (κ3) is 2.45. The Kier molecular flexibility index (Phi) is 3.51. The Morgan fingerprint density at radius 2 is 2.07 bits per heavy atom. The highest BCUT2D eigenvalue weighted by Gasteiger charge is 1.96. The molecule has 1 aromatic carbocycles. The maximum Gasteiger partial charge on any atom is 0.0346 e. The first kappa shape index (κ1) is 10.4. The van der Waals surface area contributed by atoms with Gasteiger partial charge in [-0.2, -0.15) is 0 Å². The van der Waals surface area contributed by atoms with Crippen LogP contribution in [-0.4, -0.2) is 10.3 Å². The van der Waals surface area contributed by atoms with Crippen molar-refractivity contribution in [2.24, 2.45) is 0 Å². The first-order chi connectivity index (χ1) is 7.42. The van der Waals surface area contributed by atoms with E-state index in [1.54, 1.807) is 0 Å². The monoisotopic (exact) mass is 261 g/mol. The summed E-state index contributed by atoms with van der Waals surface area (Å²) in [5.74, 6) is 0. The number of halogens is 1. The van der Waals surface area contributed by atoms with Gasteiger partial charge >= 0.3 is 0 Å². The van der Waals surface area contributed by atoms with Crippen LogP contribution >= 0.6 is 15.9 Å². The van der Waals surface area contributed by atoms with E-state index in [1.807, 2.05) is 18.5 Å². The van der Waals surface area contributed by atoms with Crippen LogP contribution in [-0.2, 0) is 0 Å². The Morgan fingerprint density at radius 1 is 1.20 bits per heavy atom. The molecule has 0 aliphatic carbocycles. The van der Waals surface area contributed by atoms with Crippen LogP contribution in [0.1, 0.15) is 12.0 Å². The fourth-order valence-electron chi connectivity index (χ4n) is 1.55. The molecule has 0 spiro atoms. The zero-order valence-corrected chi connectivity index (χ0v) is 9.94. The second-order valence-corrected chi connectivity index (χ2v) is 4.12. The molecule has 0 bridgehead atoms. The maximum absolute atomic E-state index is 4.23. The van der Waals surface area contributed by atoms with Gasteiger partial charge in [0.1, 0.15) is 0 Å². The molecular formula is C13H12BrN. The van der Waals surface area contributed by atoms with E-state index < -0.39 is 0 Å². The van der Waals surface area contributed by atoms with Crippen LogP contribution in [0.2, 0.25) is 0 Å². The summed E-state index contributed by atoms with van der Waals surface area (Å²) >= 11 is 3.41. The SMILES string of the molecule is BrCCC=Cc1cncc2ccccc12. The molecule has 0 saturated heterocycles. The summed E-state index contributed by atoms with van der Waals surface area (Å²) in [6, 6.07) is 8.31. The van der Waals surface area contributed by atoms with Crippen LogP contribution in [0.3, 0.4) is 0 Å². The number of pyridine rings is 1. The van der Waals surface area contributed by atoms with Gasteiger partial charge in [-0.15, -0.1) is 0 Å². The van der Waals surface area contributed by atoms with E-state index in [0.29, 0.717) is 0 Å². The van der Waals surface area contributed by atoms with Crippen molar-refractivity contribution in [2.45, 2.75) is 6.42 Å². The van der Waals surface area contributed by atoms with Gasteiger partial charge in [0.2, 0.25) is 0 Å². The van der Waals surface area contributed by atoms with Gasteiger partial charge in [-0.1, -0.05) is 52.3 Å². The van der Waals surface area contributed by atoms with Gasteiger partial charge in [-0.25, -0.2) is 0 Å². The number of alkyl halides is 1. The number of hydrogen-bond acceptors (Lipinski definition) is 1. The molecule has 0 aliphatic heterocycles. The van der Waals surface area contributed by atoms with Gasteiger partial charge in [0.05, 0.1) is 0 Å². The highest BCUT2D eigenvalue weighted by atomic mass is 79.9. The second kappa shape index (κ2) is 5.08. The second-order valence-electron chi connectivity index (χ2n) is 3.33. The molecule has 2 heteroatoms. The van der Waals surface area contributed by atoms with Crippen molar-refractivity contribution >= 4 is 32.8 Å². The van der Waals surface area contributed by atoms with E-state index in [4.69, 9.17) is 0 Å². The summed E-state index contributed by atoms with van der Waals surface area (Å²) in [6.07, 6.45) is 9.16. The molecule has 2 rings (SSSR count). The lowest BCUT2D eigenvalue weighted by Crippen LogP contribution is -1.80. The van der Waals surface area contributed by atoms with E-state index in [0.717, 1.165) is 11.8 Å². The fraction of sp³-hybridized carbons (Fsp3) is 0.154. The zero-order chi connectivity index (χ0) is 10.5. The van der Waals surface area contributed by atoms with Crippen LogP contribution in [0.15, 0.2) is 42.7 Å². The predicted octanol–water partition coefficient (Wildman–Crippen LogP) is 4.03. The molecule has 0 N–H and O–H groups in total. The molecule has 0 unspecified atom stereocenters. The molecule has 15 heavy (non-hydrogen) atoms. The summed E-state index contributed by atoms with van der Waals surface area (Å²) in [5.41, 5.74) is 1.19. The molecule has 1 aromatic heterocycles. The summed E-state index contributed by atoms with van der Waals surface area (Å²) in [7, 11) is 0. The van der Waals surface area contributed by atoms with Gasteiger partial charge in [0.25, 0.3) is 0 Å². The Bertz CT molecular complexity index is 471. The Labute approximate surface area is 98.0 Å². The zero-order valence-electron chi connectivity index (χ0n) is 8.36. The highest BCUT2D eigenvalue weighted by Crippen LogP contribution is 2.18. The lowest BCUT2D eigenvalue weighted by molar-refractivity contribution is 1.27. The van der Waals surface area contributed by atoms with E-state index in [-0.39, 0.29) is 0 Å². The number of fused-ring (bicyclic) bond motifs is 1. The molecule has 0 amide bonds. The van der Waals surface area contributed by atoms with E-state index >= 15 is 0 Å². The molecule has 1 nitrogen and oxygen atoms in total. The topological polar surface area (TPSA) is 12.9 Å². The minimum Gasteiger partial charge on any atom is -0.263 e. The number of nitrogens with zero attached hydrogens (tertiary/aromatic N) is 1. The molecule has 1 heterocycles. The molecule has 2 aromatic rings. The molecule has 0 radical (unpaired) electrons. The van der Waals surface area contributed by atoms with Gasteiger partial charge < -0.3 is 0 Å². The van der Waals surface area contributed by atoms with Crippen LogP contribution in [0.25, 0.3) is 16.8 Å². The molecule has 76 valence electrons. The number of aromatic nitrogens is 1. The summed E-state index contributed by atoms with van der Waals surface area (Å²) in [6.45, 7) is 0. The van der Waals surface area contributed by atoms with Crippen molar-refractivity contribution in [3.05, 3.63) is 48.3 Å². The molecular weight excluding hydrogens is 250 g/mol. The van der Waals surface area contributed by atoms with Crippen molar-refractivity contribution in [2.75, 3.05) is 5.33 Å². The van der Waals surface area contributed by atoms with Crippen molar-refractivity contribution < 1.29 is 0 Å². The molecule has 0 aliphatic rings. The van der Waals surface area contributed by atoms with E-state index in [9.17, 15) is 0 Å². The molecule has 0 saturated carbocycles. The van der Waals surface area contributed by atoms with Crippen molar-refractivity contribution in [3.8, 4) is 0 Å². The van der Waals surface area contributed by atoms with Gasteiger partial charge in [0, 0.05) is 28.7 Å². The van der Waals surface area contributed by atoms with Crippen LogP contribution in [0.5, 0.6) is 0 Å². The average Bonchev–Trinajstić information content (AvgIpc) is 2.30. The van der Waals surface area contributed by atoms with Gasteiger partial charge in [-0.05, 0) is 11.8 Å².